The Hall–Kier alpha value is -1.06. The second kappa shape index (κ2) is 4.44. The predicted molar refractivity (Wildman–Crippen MR) is 61.0 cm³/mol. The van der Waals surface area contributed by atoms with Gasteiger partial charge in [0.25, 0.3) is 0 Å². The minimum Gasteiger partial charge on any atom is -0.322 e. The van der Waals surface area contributed by atoms with Crippen molar-refractivity contribution >= 4 is 11.9 Å². The second-order valence-electron chi connectivity index (χ2n) is 5.02. The van der Waals surface area contributed by atoms with E-state index in [1.165, 1.54) is 4.90 Å². The van der Waals surface area contributed by atoms with Gasteiger partial charge in [0.1, 0.15) is 0 Å². The van der Waals surface area contributed by atoms with Gasteiger partial charge >= 0.3 is 6.03 Å². The van der Waals surface area contributed by atoms with Crippen molar-refractivity contribution in [3.05, 3.63) is 0 Å². The first-order valence-corrected chi connectivity index (χ1v) is 6.24. The summed E-state index contributed by atoms with van der Waals surface area (Å²) in [5, 5.41) is 0. The van der Waals surface area contributed by atoms with Crippen molar-refractivity contribution in [2.45, 2.75) is 58.0 Å². The smallest absolute Gasteiger partial charge is 0.322 e. The van der Waals surface area contributed by atoms with Crippen LogP contribution in [0.4, 0.5) is 4.79 Å². The largest absolute Gasteiger partial charge is 0.327 e. The molecular formula is C12H20N2O2. The van der Waals surface area contributed by atoms with E-state index in [0.717, 1.165) is 25.7 Å². The fraction of sp³-hybridized carbons (Fsp3) is 0.833. The maximum absolute atomic E-state index is 12.3. The van der Waals surface area contributed by atoms with Gasteiger partial charge in [-0.25, -0.2) is 4.79 Å². The van der Waals surface area contributed by atoms with Gasteiger partial charge in [-0.05, 0) is 39.5 Å². The number of amides is 3. The molecule has 4 nitrogen and oxygen atoms in total. The van der Waals surface area contributed by atoms with Gasteiger partial charge in [-0.1, -0.05) is 0 Å². The van der Waals surface area contributed by atoms with E-state index in [1.54, 1.807) is 0 Å². The summed E-state index contributed by atoms with van der Waals surface area (Å²) in [6.07, 6.45) is 4.44. The third kappa shape index (κ3) is 1.93. The zero-order chi connectivity index (χ0) is 11.7. The maximum Gasteiger partial charge on any atom is 0.327 e. The number of carbonyl (C=O) groups excluding carboxylic acids is 2. The van der Waals surface area contributed by atoms with Crippen molar-refractivity contribution in [1.29, 1.82) is 0 Å². The van der Waals surface area contributed by atoms with Crippen LogP contribution in [0.5, 0.6) is 0 Å². The molecular weight excluding hydrogens is 204 g/mol. The van der Waals surface area contributed by atoms with E-state index >= 15 is 0 Å². The van der Waals surface area contributed by atoms with Crippen molar-refractivity contribution in [3.63, 3.8) is 0 Å². The molecule has 16 heavy (non-hydrogen) atoms. The van der Waals surface area contributed by atoms with Gasteiger partial charge in [0.15, 0.2) is 0 Å². The SMILES string of the molecule is CC(C)N1CCCC(=O)N(C2CCC2)C1=O. The molecule has 0 N–H and O–H groups in total. The highest BCUT2D eigenvalue weighted by atomic mass is 16.2. The Kier molecular flexibility index (Phi) is 3.17. The number of hydrogen-bond acceptors (Lipinski definition) is 2. The summed E-state index contributed by atoms with van der Waals surface area (Å²) in [6.45, 7) is 4.73. The van der Waals surface area contributed by atoms with Crippen LogP contribution in [0.15, 0.2) is 0 Å². The number of rotatable bonds is 2. The molecule has 1 heterocycles. The molecule has 1 saturated carbocycles. The number of urea groups is 1. The third-order valence-corrected chi connectivity index (χ3v) is 3.57. The van der Waals surface area contributed by atoms with Gasteiger partial charge in [-0.3, -0.25) is 9.69 Å². The molecule has 0 radical (unpaired) electrons. The number of carbonyl (C=O) groups is 2. The van der Waals surface area contributed by atoms with E-state index in [0.29, 0.717) is 13.0 Å². The lowest BCUT2D eigenvalue weighted by molar-refractivity contribution is -0.131. The maximum atomic E-state index is 12.3. The van der Waals surface area contributed by atoms with Gasteiger partial charge < -0.3 is 4.90 Å². The molecule has 0 aromatic carbocycles. The summed E-state index contributed by atoms with van der Waals surface area (Å²) in [4.78, 5) is 27.5. The average Bonchev–Trinajstić information content (AvgIpc) is 2.27. The Labute approximate surface area is 96.6 Å². The van der Waals surface area contributed by atoms with E-state index in [2.05, 4.69) is 0 Å². The molecule has 2 aliphatic rings. The van der Waals surface area contributed by atoms with E-state index in [9.17, 15) is 9.59 Å². The van der Waals surface area contributed by atoms with E-state index in [4.69, 9.17) is 0 Å². The predicted octanol–water partition coefficient (Wildman–Crippen LogP) is 1.99. The summed E-state index contributed by atoms with van der Waals surface area (Å²) in [6, 6.07) is 0.294. The van der Waals surface area contributed by atoms with Crippen LogP contribution in [0.3, 0.4) is 0 Å². The van der Waals surface area contributed by atoms with Crippen LogP contribution < -0.4 is 0 Å². The van der Waals surface area contributed by atoms with Crippen LogP contribution in [0, 0.1) is 0 Å². The molecule has 0 atom stereocenters. The minimum atomic E-state index is -0.0674. The van der Waals surface area contributed by atoms with E-state index in [1.807, 2.05) is 18.7 Å². The second-order valence-corrected chi connectivity index (χ2v) is 5.02. The van der Waals surface area contributed by atoms with Crippen LogP contribution in [0.2, 0.25) is 0 Å². The number of imide groups is 1. The van der Waals surface area contributed by atoms with Crippen molar-refractivity contribution in [1.82, 2.24) is 9.80 Å². The van der Waals surface area contributed by atoms with Gasteiger partial charge in [-0.2, -0.15) is 0 Å². The standard InChI is InChI=1S/C12H20N2O2/c1-9(2)13-8-4-7-11(15)14(12(13)16)10-5-3-6-10/h9-10H,3-8H2,1-2H3. The molecule has 90 valence electrons. The summed E-state index contributed by atoms with van der Waals surface area (Å²) >= 11 is 0. The Balaban J connectivity index is 2.17. The molecule has 4 heteroatoms. The molecule has 1 saturated heterocycles. The van der Waals surface area contributed by atoms with Gasteiger partial charge in [0.05, 0.1) is 0 Å². The van der Waals surface area contributed by atoms with Crippen molar-refractivity contribution in [3.8, 4) is 0 Å². The summed E-state index contributed by atoms with van der Waals surface area (Å²) < 4.78 is 0. The molecule has 0 bridgehead atoms. The summed E-state index contributed by atoms with van der Waals surface area (Å²) in [5.41, 5.74) is 0. The first kappa shape index (κ1) is 11.4. The molecule has 0 spiro atoms. The Morgan fingerprint density at radius 3 is 2.38 bits per heavy atom. The average molecular weight is 224 g/mol. The topological polar surface area (TPSA) is 40.6 Å². The normalized spacial score (nSPS) is 23.7. The van der Waals surface area contributed by atoms with Crippen molar-refractivity contribution < 1.29 is 9.59 Å². The Morgan fingerprint density at radius 2 is 1.88 bits per heavy atom. The molecule has 2 rings (SSSR count). The highest BCUT2D eigenvalue weighted by Gasteiger charge is 2.38. The summed E-state index contributed by atoms with van der Waals surface area (Å²) in [5.74, 6) is 0.0258. The first-order valence-electron chi connectivity index (χ1n) is 6.24. The highest BCUT2D eigenvalue weighted by Crippen LogP contribution is 2.28. The van der Waals surface area contributed by atoms with Crippen molar-refractivity contribution in [2.75, 3.05) is 6.54 Å². The zero-order valence-corrected chi connectivity index (χ0v) is 10.1. The molecule has 0 aromatic rings. The third-order valence-electron chi connectivity index (χ3n) is 3.57. The van der Waals surface area contributed by atoms with Crippen LogP contribution in [0.1, 0.15) is 46.0 Å². The van der Waals surface area contributed by atoms with Crippen LogP contribution in [0.25, 0.3) is 0 Å². The molecule has 2 fully saturated rings. The van der Waals surface area contributed by atoms with Crippen LogP contribution >= 0.6 is 0 Å². The Bertz CT molecular complexity index is 297. The van der Waals surface area contributed by atoms with Gasteiger partial charge in [0.2, 0.25) is 5.91 Å². The lowest BCUT2D eigenvalue weighted by Gasteiger charge is -2.38. The molecule has 0 unspecified atom stereocenters. The number of hydrogen-bond donors (Lipinski definition) is 0. The van der Waals surface area contributed by atoms with E-state index < -0.39 is 0 Å². The molecule has 3 amide bonds. The van der Waals surface area contributed by atoms with Gasteiger partial charge in [0, 0.05) is 25.0 Å². The van der Waals surface area contributed by atoms with Gasteiger partial charge in [-0.15, -0.1) is 0 Å². The first-order chi connectivity index (χ1) is 7.61. The molecule has 1 aliphatic carbocycles. The lowest BCUT2D eigenvalue weighted by atomic mass is 9.91. The fourth-order valence-corrected chi connectivity index (χ4v) is 2.35. The van der Waals surface area contributed by atoms with Crippen LogP contribution in [-0.4, -0.2) is 40.4 Å². The van der Waals surface area contributed by atoms with Crippen LogP contribution in [-0.2, 0) is 4.79 Å². The quantitative estimate of drug-likeness (QED) is 0.719. The minimum absolute atomic E-state index is 0.0258. The monoisotopic (exact) mass is 224 g/mol. The highest BCUT2D eigenvalue weighted by molar-refractivity contribution is 5.95. The lowest BCUT2D eigenvalue weighted by Crippen LogP contribution is -2.53. The van der Waals surface area contributed by atoms with Crippen molar-refractivity contribution in [2.24, 2.45) is 0 Å². The summed E-state index contributed by atoms with van der Waals surface area (Å²) in [7, 11) is 0. The molecule has 1 aliphatic heterocycles. The zero-order valence-electron chi connectivity index (χ0n) is 10.1. The fourth-order valence-electron chi connectivity index (χ4n) is 2.35. The van der Waals surface area contributed by atoms with E-state index in [-0.39, 0.29) is 24.0 Å². The Morgan fingerprint density at radius 1 is 1.19 bits per heavy atom. The molecule has 0 aromatic heterocycles. The number of nitrogens with zero attached hydrogens (tertiary/aromatic N) is 2.